The molecule has 1 fully saturated rings. The quantitative estimate of drug-likeness (QED) is 0.478. The summed E-state index contributed by atoms with van der Waals surface area (Å²) in [7, 11) is 1.55. The maximum atomic E-state index is 12.7. The molecule has 1 aliphatic rings. The lowest BCUT2D eigenvalue weighted by atomic mass is 9.96. The second-order valence-electron chi connectivity index (χ2n) is 8.28. The Bertz CT molecular complexity index is 1170. The lowest BCUT2D eigenvalue weighted by Crippen LogP contribution is -2.43. The highest BCUT2D eigenvalue weighted by atomic mass is 16.5. The summed E-state index contributed by atoms with van der Waals surface area (Å²) in [5.74, 6) is 0.0468. The number of methoxy groups -OCH3 is 1. The molecule has 3 aromatic carbocycles. The van der Waals surface area contributed by atoms with Crippen molar-refractivity contribution in [2.45, 2.75) is 12.8 Å². The zero-order valence-corrected chi connectivity index (χ0v) is 19.5. The molecule has 0 spiro atoms. The van der Waals surface area contributed by atoms with Crippen molar-refractivity contribution in [3.63, 3.8) is 0 Å². The molecule has 1 saturated heterocycles. The highest BCUT2D eigenvalue weighted by Gasteiger charge is 2.27. The predicted octanol–water partition coefficient (Wildman–Crippen LogP) is 4.83. The largest absolute Gasteiger partial charge is 0.495 e. The molecular formula is C27H28N4O4. The highest BCUT2D eigenvalue weighted by Crippen LogP contribution is 2.24. The molecule has 180 valence electrons. The molecule has 4 rings (SSSR count). The second kappa shape index (κ2) is 11.2. The highest BCUT2D eigenvalue weighted by molar-refractivity contribution is 6.05. The van der Waals surface area contributed by atoms with Gasteiger partial charge in [0.2, 0.25) is 5.91 Å². The molecule has 0 aliphatic carbocycles. The van der Waals surface area contributed by atoms with E-state index in [1.54, 1.807) is 48.4 Å². The fourth-order valence-electron chi connectivity index (χ4n) is 3.96. The van der Waals surface area contributed by atoms with Crippen molar-refractivity contribution in [1.82, 2.24) is 4.90 Å². The van der Waals surface area contributed by atoms with Crippen LogP contribution in [0.5, 0.6) is 5.75 Å². The Balaban J connectivity index is 1.26. The smallest absolute Gasteiger partial charge is 0.321 e. The van der Waals surface area contributed by atoms with Gasteiger partial charge in [-0.3, -0.25) is 9.59 Å². The number of urea groups is 1. The SMILES string of the molecule is COc1ccccc1NC(=O)c1ccc(NC(=O)C2CCN(C(=O)Nc3ccccc3)CC2)cc1. The molecule has 35 heavy (non-hydrogen) atoms. The third-order valence-electron chi connectivity index (χ3n) is 5.95. The van der Waals surface area contributed by atoms with Crippen molar-refractivity contribution in [2.24, 2.45) is 5.92 Å². The zero-order valence-electron chi connectivity index (χ0n) is 19.5. The Morgan fingerprint density at radius 1 is 0.771 bits per heavy atom. The maximum absolute atomic E-state index is 12.7. The molecule has 8 nitrogen and oxygen atoms in total. The summed E-state index contributed by atoms with van der Waals surface area (Å²) in [4.78, 5) is 39.5. The average molecular weight is 473 g/mol. The van der Waals surface area contributed by atoms with Gasteiger partial charge in [-0.25, -0.2) is 4.79 Å². The Morgan fingerprint density at radius 3 is 2.09 bits per heavy atom. The molecule has 1 heterocycles. The number of anilines is 3. The summed E-state index contributed by atoms with van der Waals surface area (Å²) in [5.41, 5.74) is 2.42. The first kappa shape index (κ1) is 23.8. The van der Waals surface area contributed by atoms with Crippen molar-refractivity contribution < 1.29 is 19.1 Å². The molecule has 1 aliphatic heterocycles. The van der Waals surface area contributed by atoms with E-state index in [1.807, 2.05) is 42.5 Å². The third-order valence-corrected chi connectivity index (χ3v) is 5.95. The van der Waals surface area contributed by atoms with Crippen LogP contribution in [-0.4, -0.2) is 42.9 Å². The summed E-state index contributed by atoms with van der Waals surface area (Å²) in [6.07, 6.45) is 1.18. The van der Waals surface area contributed by atoms with Crippen molar-refractivity contribution >= 4 is 34.9 Å². The Kier molecular flexibility index (Phi) is 7.62. The first-order chi connectivity index (χ1) is 17.0. The average Bonchev–Trinajstić information content (AvgIpc) is 2.90. The number of rotatable bonds is 6. The van der Waals surface area contributed by atoms with Crippen LogP contribution in [0.1, 0.15) is 23.2 Å². The molecule has 8 heteroatoms. The number of nitrogens with zero attached hydrogens (tertiary/aromatic N) is 1. The molecular weight excluding hydrogens is 444 g/mol. The van der Waals surface area contributed by atoms with Gasteiger partial charge in [-0.2, -0.15) is 0 Å². The van der Waals surface area contributed by atoms with Crippen LogP contribution in [0.25, 0.3) is 0 Å². The molecule has 0 atom stereocenters. The third kappa shape index (κ3) is 6.17. The van der Waals surface area contributed by atoms with Gasteiger partial charge in [0, 0.05) is 35.9 Å². The molecule has 0 aromatic heterocycles. The number of amides is 4. The number of ether oxygens (including phenoxy) is 1. The maximum Gasteiger partial charge on any atom is 0.321 e. The van der Waals surface area contributed by atoms with Gasteiger partial charge in [-0.1, -0.05) is 30.3 Å². The minimum Gasteiger partial charge on any atom is -0.495 e. The monoisotopic (exact) mass is 472 g/mol. The topological polar surface area (TPSA) is 99.8 Å². The van der Waals surface area contributed by atoms with Crippen LogP contribution in [-0.2, 0) is 4.79 Å². The van der Waals surface area contributed by atoms with E-state index in [1.165, 1.54) is 0 Å². The number of hydrogen-bond acceptors (Lipinski definition) is 4. The standard InChI is InChI=1S/C27H28N4O4/c1-35-24-10-6-5-9-23(24)30-26(33)19-11-13-22(14-12-19)28-25(32)20-15-17-31(18-16-20)27(34)29-21-7-3-2-4-8-21/h2-14,20H,15-18H2,1H3,(H,28,32)(H,29,34)(H,30,33). The van der Waals surface area contributed by atoms with Gasteiger partial charge < -0.3 is 25.6 Å². The summed E-state index contributed by atoms with van der Waals surface area (Å²) < 4.78 is 5.26. The van der Waals surface area contributed by atoms with E-state index in [0.717, 1.165) is 5.69 Å². The Morgan fingerprint density at radius 2 is 1.40 bits per heavy atom. The zero-order chi connectivity index (χ0) is 24.6. The lowest BCUT2D eigenvalue weighted by molar-refractivity contribution is -0.121. The second-order valence-corrected chi connectivity index (χ2v) is 8.28. The van der Waals surface area contributed by atoms with Gasteiger partial charge in [0.25, 0.3) is 5.91 Å². The van der Waals surface area contributed by atoms with Crippen LogP contribution in [0.15, 0.2) is 78.9 Å². The van der Waals surface area contributed by atoms with Gasteiger partial charge >= 0.3 is 6.03 Å². The number of nitrogens with one attached hydrogen (secondary N) is 3. The summed E-state index contributed by atoms with van der Waals surface area (Å²) in [5, 5.41) is 8.63. The number of carbonyl (C=O) groups excluding carboxylic acids is 3. The Hall–Kier alpha value is -4.33. The first-order valence-corrected chi connectivity index (χ1v) is 11.5. The number of piperidine rings is 1. The molecule has 4 amide bonds. The first-order valence-electron chi connectivity index (χ1n) is 11.5. The van der Waals surface area contributed by atoms with Gasteiger partial charge in [0.05, 0.1) is 12.8 Å². The normalized spacial score (nSPS) is 13.6. The molecule has 0 radical (unpaired) electrons. The molecule has 0 saturated carbocycles. The number of hydrogen-bond donors (Lipinski definition) is 3. The van der Waals surface area contributed by atoms with Gasteiger partial charge in [-0.05, 0) is 61.4 Å². The van der Waals surface area contributed by atoms with E-state index in [-0.39, 0.29) is 23.8 Å². The minimum atomic E-state index is -0.270. The van der Waals surface area contributed by atoms with Crippen LogP contribution < -0.4 is 20.7 Å². The lowest BCUT2D eigenvalue weighted by Gasteiger charge is -2.31. The summed E-state index contributed by atoms with van der Waals surface area (Å²) in [6.45, 7) is 1.03. The van der Waals surface area contributed by atoms with Crippen LogP contribution in [0, 0.1) is 5.92 Å². The van der Waals surface area contributed by atoms with Crippen molar-refractivity contribution in [2.75, 3.05) is 36.1 Å². The predicted molar refractivity (Wildman–Crippen MR) is 136 cm³/mol. The van der Waals surface area contributed by atoms with E-state index in [0.29, 0.717) is 48.6 Å². The molecule has 0 unspecified atom stereocenters. The van der Waals surface area contributed by atoms with Crippen molar-refractivity contribution in [3.8, 4) is 5.75 Å². The number of benzene rings is 3. The summed E-state index contributed by atoms with van der Waals surface area (Å²) >= 11 is 0. The molecule has 3 aromatic rings. The number of para-hydroxylation sites is 3. The van der Waals surface area contributed by atoms with Crippen molar-refractivity contribution in [3.05, 3.63) is 84.4 Å². The van der Waals surface area contributed by atoms with E-state index >= 15 is 0 Å². The van der Waals surface area contributed by atoms with Crippen LogP contribution >= 0.6 is 0 Å². The fraction of sp³-hybridized carbons (Fsp3) is 0.222. The van der Waals surface area contributed by atoms with Gasteiger partial charge in [0.15, 0.2) is 0 Å². The molecule has 3 N–H and O–H groups in total. The molecule has 0 bridgehead atoms. The fourth-order valence-corrected chi connectivity index (χ4v) is 3.96. The summed E-state index contributed by atoms with van der Waals surface area (Å²) in [6, 6.07) is 23.1. The van der Waals surface area contributed by atoms with E-state index in [4.69, 9.17) is 4.74 Å². The van der Waals surface area contributed by atoms with Crippen LogP contribution in [0.4, 0.5) is 21.9 Å². The van der Waals surface area contributed by atoms with E-state index in [9.17, 15) is 14.4 Å². The Labute approximate surface area is 204 Å². The van der Waals surface area contributed by atoms with Crippen LogP contribution in [0.2, 0.25) is 0 Å². The van der Waals surface area contributed by atoms with Crippen LogP contribution in [0.3, 0.4) is 0 Å². The minimum absolute atomic E-state index is 0.0839. The number of likely N-dealkylation sites (tertiary alicyclic amines) is 1. The number of carbonyl (C=O) groups is 3. The van der Waals surface area contributed by atoms with Gasteiger partial charge in [-0.15, -0.1) is 0 Å². The van der Waals surface area contributed by atoms with Crippen molar-refractivity contribution in [1.29, 1.82) is 0 Å². The van der Waals surface area contributed by atoms with Gasteiger partial charge in [0.1, 0.15) is 5.75 Å². The van der Waals surface area contributed by atoms with E-state index < -0.39 is 0 Å². The van der Waals surface area contributed by atoms with E-state index in [2.05, 4.69) is 16.0 Å².